The van der Waals surface area contributed by atoms with Crippen LogP contribution >= 0.6 is 15.9 Å². The average molecular weight is 353 g/mol. The van der Waals surface area contributed by atoms with Crippen LogP contribution in [0.1, 0.15) is 44.1 Å². The third-order valence-corrected chi connectivity index (χ3v) is 5.34. The van der Waals surface area contributed by atoms with Gasteiger partial charge in [0, 0.05) is 41.9 Å². The Labute approximate surface area is 135 Å². The van der Waals surface area contributed by atoms with Crippen LogP contribution in [0.4, 0.5) is 5.69 Å². The molecule has 0 unspecified atom stereocenters. The first-order valence-corrected chi connectivity index (χ1v) is 8.96. The highest BCUT2D eigenvalue weighted by Gasteiger charge is 2.25. The topological polar surface area (TPSA) is 35.5 Å². The van der Waals surface area contributed by atoms with E-state index in [1.54, 1.807) is 0 Å². The number of hydrogen-bond donors (Lipinski definition) is 2. The van der Waals surface area contributed by atoms with Crippen molar-refractivity contribution in [3.8, 4) is 0 Å². The highest BCUT2D eigenvalue weighted by molar-refractivity contribution is 9.10. The molecule has 21 heavy (non-hydrogen) atoms. The van der Waals surface area contributed by atoms with Crippen LogP contribution in [-0.2, 0) is 6.54 Å². The molecule has 0 spiro atoms. The third kappa shape index (κ3) is 3.99. The Hall–Kier alpha value is -0.580. The minimum absolute atomic E-state index is 0.272. The van der Waals surface area contributed by atoms with E-state index in [0.717, 1.165) is 25.6 Å². The number of halogens is 1. The number of nitrogens with one attached hydrogen (secondary N) is 1. The van der Waals surface area contributed by atoms with Crippen LogP contribution in [0.25, 0.3) is 0 Å². The summed E-state index contributed by atoms with van der Waals surface area (Å²) in [5.74, 6) is 0. The molecule has 0 aromatic heterocycles. The van der Waals surface area contributed by atoms with Gasteiger partial charge in [0.1, 0.15) is 0 Å². The Kier molecular flexibility index (Phi) is 5.19. The molecule has 1 aromatic carbocycles. The molecule has 2 N–H and O–H groups in total. The number of aliphatic hydroxyl groups excluding tert-OH is 1. The lowest BCUT2D eigenvalue weighted by Crippen LogP contribution is -2.41. The first-order valence-electron chi connectivity index (χ1n) is 8.17. The minimum Gasteiger partial charge on any atom is -0.396 e. The number of rotatable bonds is 8. The van der Waals surface area contributed by atoms with E-state index in [0.29, 0.717) is 6.04 Å². The SMILES string of the molecule is OCCCN(c1ccc(CNC2CC2)c(Br)c1)C1CCC1. The quantitative estimate of drug-likeness (QED) is 0.752. The van der Waals surface area contributed by atoms with E-state index in [-0.39, 0.29) is 6.61 Å². The zero-order valence-corrected chi connectivity index (χ0v) is 14.1. The molecule has 0 bridgehead atoms. The predicted molar refractivity (Wildman–Crippen MR) is 90.7 cm³/mol. The molecule has 3 rings (SSSR count). The van der Waals surface area contributed by atoms with Gasteiger partial charge in [-0.25, -0.2) is 0 Å². The summed E-state index contributed by atoms with van der Waals surface area (Å²) in [6.07, 6.45) is 7.41. The molecule has 2 fully saturated rings. The molecule has 0 amide bonds. The van der Waals surface area contributed by atoms with Crippen molar-refractivity contribution in [3.05, 3.63) is 28.2 Å². The van der Waals surface area contributed by atoms with Crippen molar-refractivity contribution in [2.45, 2.75) is 57.2 Å². The van der Waals surface area contributed by atoms with Crippen molar-refractivity contribution >= 4 is 21.6 Å². The predicted octanol–water partition coefficient (Wildman–Crippen LogP) is 3.44. The first kappa shape index (κ1) is 15.3. The van der Waals surface area contributed by atoms with Gasteiger partial charge in [-0.05, 0) is 56.2 Å². The van der Waals surface area contributed by atoms with Gasteiger partial charge in [0.2, 0.25) is 0 Å². The van der Waals surface area contributed by atoms with Crippen LogP contribution in [0.2, 0.25) is 0 Å². The Morgan fingerprint density at radius 1 is 1.24 bits per heavy atom. The summed E-state index contributed by atoms with van der Waals surface area (Å²) in [6.45, 7) is 2.17. The summed E-state index contributed by atoms with van der Waals surface area (Å²) < 4.78 is 1.20. The van der Waals surface area contributed by atoms with Crippen LogP contribution in [-0.4, -0.2) is 30.3 Å². The number of nitrogens with zero attached hydrogens (tertiary/aromatic N) is 1. The van der Waals surface area contributed by atoms with Gasteiger partial charge in [-0.15, -0.1) is 0 Å². The lowest BCUT2D eigenvalue weighted by Gasteiger charge is -2.39. The van der Waals surface area contributed by atoms with Crippen molar-refractivity contribution in [2.24, 2.45) is 0 Å². The summed E-state index contributed by atoms with van der Waals surface area (Å²) in [4.78, 5) is 2.47. The molecule has 2 aliphatic rings. The lowest BCUT2D eigenvalue weighted by molar-refractivity contribution is 0.283. The molecule has 1 aromatic rings. The summed E-state index contributed by atoms with van der Waals surface area (Å²) in [5, 5.41) is 12.7. The van der Waals surface area contributed by atoms with Gasteiger partial charge in [-0.1, -0.05) is 22.0 Å². The van der Waals surface area contributed by atoms with Crippen molar-refractivity contribution < 1.29 is 5.11 Å². The van der Waals surface area contributed by atoms with Crippen LogP contribution in [0.5, 0.6) is 0 Å². The fourth-order valence-electron chi connectivity index (χ4n) is 2.86. The Morgan fingerprint density at radius 3 is 2.62 bits per heavy atom. The zero-order valence-electron chi connectivity index (χ0n) is 12.5. The average Bonchev–Trinajstić information content (AvgIpc) is 3.24. The number of hydrogen-bond acceptors (Lipinski definition) is 3. The van der Waals surface area contributed by atoms with Crippen molar-refractivity contribution in [2.75, 3.05) is 18.1 Å². The third-order valence-electron chi connectivity index (χ3n) is 4.60. The molecule has 2 saturated carbocycles. The fraction of sp³-hybridized carbons (Fsp3) is 0.647. The maximum absolute atomic E-state index is 9.12. The summed E-state index contributed by atoms with van der Waals surface area (Å²) in [7, 11) is 0. The fourth-order valence-corrected chi connectivity index (χ4v) is 3.37. The molecule has 0 radical (unpaired) electrons. The van der Waals surface area contributed by atoms with Crippen LogP contribution in [0, 0.1) is 0 Å². The second kappa shape index (κ2) is 7.12. The van der Waals surface area contributed by atoms with E-state index < -0.39 is 0 Å². The molecular weight excluding hydrogens is 328 g/mol. The Bertz CT molecular complexity index is 472. The standard InChI is InChI=1S/C17H25BrN2O/c18-17-11-16(8-5-13(17)12-19-14-6-7-14)20(9-2-10-21)15-3-1-4-15/h5,8,11,14-15,19,21H,1-4,6-7,9-10,12H2. The highest BCUT2D eigenvalue weighted by Crippen LogP contribution is 2.32. The van der Waals surface area contributed by atoms with Crippen LogP contribution in [0.3, 0.4) is 0 Å². The van der Waals surface area contributed by atoms with Gasteiger partial charge in [0.25, 0.3) is 0 Å². The minimum atomic E-state index is 0.272. The van der Waals surface area contributed by atoms with E-state index in [1.165, 1.54) is 47.8 Å². The lowest BCUT2D eigenvalue weighted by atomic mass is 9.91. The normalized spacial score (nSPS) is 18.6. The van der Waals surface area contributed by atoms with E-state index in [9.17, 15) is 0 Å². The van der Waals surface area contributed by atoms with Gasteiger partial charge >= 0.3 is 0 Å². The number of aliphatic hydroxyl groups is 1. The Morgan fingerprint density at radius 2 is 2.05 bits per heavy atom. The van der Waals surface area contributed by atoms with Crippen molar-refractivity contribution in [3.63, 3.8) is 0 Å². The Balaban J connectivity index is 1.67. The highest BCUT2D eigenvalue weighted by atomic mass is 79.9. The van der Waals surface area contributed by atoms with Gasteiger partial charge in [0.05, 0.1) is 0 Å². The molecule has 116 valence electrons. The largest absolute Gasteiger partial charge is 0.396 e. The van der Waals surface area contributed by atoms with Gasteiger partial charge in [0.15, 0.2) is 0 Å². The van der Waals surface area contributed by atoms with E-state index in [1.807, 2.05) is 0 Å². The monoisotopic (exact) mass is 352 g/mol. The van der Waals surface area contributed by atoms with Crippen molar-refractivity contribution in [1.29, 1.82) is 0 Å². The van der Waals surface area contributed by atoms with Gasteiger partial charge in [-0.2, -0.15) is 0 Å². The second-order valence-electron chi connectivity index (χ2n) is 6.29. The summed E-state index contributed by atoms with van der Waals surface area (Å²) >= 11 is 3.73. The van der Waals surface area contributed by atoms with Crippen LogP contribution in [0.15, 0.2) is 22.7 Å². The smallest absolute Gasteiger partial charge is 0.0447 e. The second-order valence-corrected chi connectivity index (χ2v) is 7.14. The molecule has 0 atom stereocenters. The van der Waals surface area contributed by atoms with E-state index in [2.05, 4.69) is 44.3 Å². The van der Waals surface area contributed by atoms with Crippen molar-refractivity contribution in [1.82, 2.24) is 5.32 Å². The van der Waals surface area contributed by atoms with Gasteiger partial charge in [-0.3, -0.25) is 0 Å². The summed E-state index contributed by atoms with van der Waals surface area (Å²) in [5.41, 5.74) is 2.62. The molecule has 0 saturated heterocycles. The molecule has 2 aliphatic carbocycles. The van der Waals surface area contributed by atoms with E-state index in [4.69, 9.17) is 5.11 Å². The number of anilines is 1. The first-order chi connectivity index (χ1) is 10.3. The number of benzene rings is 1. The van der Waals surface area contributed by atoms with Crippen LogP contribution < -0.4 is 10.2 Å². The molecule has 3 nitrogen and oxygen atoms in total. The maximum Gasteiger partial charge on any atom is 0.0447 e. The maximum atomic E-state index is 9.12. The summed E-state index contributed by atoms with van der Waals surface area (Å²) in [6, 6.07) is 8.13. The molecule has 4 heteroatoms. The van der Waals surface area contributed by atoms with E-state index >= 15 is 0 Å². The van der Waals surface area contributed by atoms with Gasteiger partial charge < -0.3 is 15.3 Å². The molecule has 0 heterocycles. The zero-order chi connectivity index (χ0) is 14.7. The molecular formula is C17H25BrN2O. The molecule has 0 aliphatic heterocycles.